The van der Waals surface area contributed by atoms with Crippen LogP contribution in [0.5, 0.6) is 0 Å². The summed E-state index contributed by atoms with van der Waals surface area (Å²) in [6, 6.07) is 17.4. The van der Waals surface area contributed by atoms with Gasteiger partial charge in [-0.15, -0.1) is 8.19 Å². The molecule has 0 bridgehead atoms. The Labute approximate surface area is 148 Å². The zero-order chi connectivity index (χ0) is 16.4. The van der Waals surface area contributed by atoms with Crippen molar-refractivity contribution in [3.05, 3.63) is 48.5 Å². The minimum atomic E-state index is -0.355. The molecule has 0 saturated carbocycles. The van der Waals surface area contributed by atoms with Crippen molar-refractivity contribution in [1.82, 2.24) is 0 Å². The van der Waals surface area contributed by atoms with Gasteiger partial charge in [-0.2, -0.15) is 0 Å². The van der Waals surface area contributed by atoms with E-state index in [1.54, 1.807) is 0 Å². The molecule has 0 nitrogen and oxygen atoms in total. The van der Waals surface area contributed by atoms with Crippen LogP contribution in [0, 0.1) is 0 Å². The molecular formula is C20H27InP. The third kappa shape index (κ3) is 5.36. The molecule has 1 aromatic heterocycles. The van der Waals surface area contributed by atoms with Gasteiger partial charge in [-0.05, 0) is 21.0 Å². The zero-order valence-corrected chi connectivity index (χ0v) is 19.0. The van der Waals surface area contributed by atoms with Crippen LogP contribution in [-0.4, -0.2) is 22.9 Å². The first kappa shape index (κ1) is 18.0. The van der Waals surface area contributed by atoms with E-state index < -0.39 is 0 Å². The van der Waals surface area contributed by atoms with Gasteiger partial charge in [0.25, 0.3) is 0 Å². The van der Waals surface area contributed by atoms with Gasteiger partial charge in [-0.1, -0.05) is 48.5 Å². The van der Waals surface area contributed by atoms with Crippen LogP contribution < -0.4 is 0 Å². The molecule has 0 saturated heterocycles. The molecule has 2 aromatic carbocycles. The molecule has 0 N–H and O–H groups in total. The molecular weight excluding hydrogens is 386 g/mol. The molecule has 0 fully saturated rings. The number of rotatable bonds is 0. The molecule has 0 aliphatic rings. The van der Waals surface area contributed by atoms with Gasteiger partial charge in [-0.25, -0.2) is 0 Å². The fourth-order valence-corrected chi connectivity index (χ4v) is 11.9. The maximum absolute atomic E-state index is 2.37. The van der Waals surface area contributed by atoms with Gasteiger partial charge in [0.1, 0.15) is 0 Å². The average molecular weight is 413 g/mol. The van der Waals surface area contributed by atoms with Gasteiger partial charge < -0.3 is 0 Å². The Hall–Kier alpha value is -0.390. The largest absolute Gasteiger partial charge is 0.123 e. The Morgan fingerprint density at radius 2 is 1.00 bits per heavy atom. The Balaban J connectivity index is 0.000000175. The Morgan fingerprint density at radius 3 is 1.32 bits per heavy atom. The number of fused-ring (bicyclic) bond motifs is 3. The summed E-state index contributed by atoms with van der Waals surface area (Å²) in [5.74, 6) is 0. The Morgan fingerprint density at radius 1 is 0.636 bits per heavy atom. The van der Waals surface area contributed by atoms with Crippen molar-refractivity contribution in [2.24, 2.45) is 0 Å². The summed E-state index contributed by atoms with van der Waals surface area (Å²) in [5, 5.41) is 5.83. The van der Waals surface area contributed by atoms with Crippen molar-refractivity contribution in [3.63, 3.8) is 0 Å². The second-order valence-corrected chi connectivity index (χ2v) is 20.1. The summed E-state index contributed by atoms with van der Waals surface area (Å²) in [4.78, 5) is 0. The SMILES string of the molecule is C[C](C)(C)[In][C](C)(C)C.c1ccc2c(c1)[pH]c1ccccc12. The number of hydrogen-bond donors (Lipinski definition) is 0. The van der Waals surface area contributed by atoms with Crippen LogP contribution in [0.4, 0.5) is 0 Å². The molecule has 115 valence electrons. The van der Waals surface area contributed by atoms with Gasteiger partial charge in [0.15, 0.2) is 0 Å². The van der Waals surface area contributed by atoms with Crippen molar-refractivity contribution in [2.75, 3.05) is 0 Å². The van der Waals surface area contributed by atoms with Crippen LogP contribution >= 0.6 is 8.19 Å². The molecule has 0 unspecified atom stereocenters. The van der Waals surface area contributed by atoms with Crippen molar-refractivity contribution in [2.45, 2.75) is 47.9 Å². The van der Waals surface area contributed by atoms with Crippen LogP contribution in [0.15, 0.2) is 48.5 Å². The topological polar surface area (TPSA) is 0 Å². The first-order valence-corrected chi connectivity index (χ1v) is 12.3. The summed E-state index contributed by atoms with van der Waals surface area (Å²) < 4.78 is 1.35. The quantitative estimate of drug-likeness (QED) is 0.367. The van der Waals surface area contributed by atoms with Crippen molar-refractivity contribution in [1.29, 1.82) is 0 Å². The predicted octanol–water partition coefficient (Wildman–Crippen LogP) is 7.15. The first-order chi connectivity index (χ1) is 10.2. The minimum absolute atomic E-state index is 0.355. The van der Waals surface area contributed by atoms with Gasteiger partial charge in [0, 0.05) is 0 Å². The summed E-state index contributed by atoms with van der Waals surface area (Å²) in [6.07, 6.45) is 0. The van der Waals surface area contributed by atoms with E-state index in [0.717, 1.165) is 8.19 Å². The maximum atomic E-state index is 2.37. The summed E-state index contributed by atoms with van der Waals surface area (Å²) in [6.45, 7) is 14.2. The van der Waals surface area contributed by atoms with Crippen LogP contribution in [0.3, 0.4) is 0 Å². The molecule has 0 aliphatic carbocycles. The molecule has 1 radical (unpaired) electrons. The van der Waals surface area contributed by atoms with Gasteiger partial charge in [0.2, 0.25) is 0 Å². The molecule has 1 heterocycles. The summed E-state index contributed by atoms with van der Waals surface area (Å²) >= 11 is -0.355. The molecule has 3 aromatic rings. The summed E-state index contributed by atoms with van der Waals surface area (Å²) in [7, 11) is 0.851. The fourth-order valence-electron chi connectivity index (χ4n) is 3.10. The maximum Gasteiger partial charge on any atom is -0.000604 e. The standard InChI is InChI=1S/C12H9P.2C4H9.In/c1-3-7-11-9(5-1)10-6-2-4-8-12(10)13-11;2*1-4(2)3;/h1-8,13H;2*1-3H3;. The van der Waals surface area contributed by atoms with E-state index in [0.29, 0.717) is 6.34 Å². The normalized spacial score (nSPS) is 12.1. The van der Waals surface area contributed by atoms with Crippen LogP contribution in [-0.2, 0) is 0 Å². The van der Waals surface area contributed by atoms with Gasteiger partial charge >= 0.3 is 70.8 Å². The third-order valence-corrected chi connectivity index (χ3v) is 9.63. The third-order valence-electron chi connectivity index (χ3n) is 3.28. The number of hydrogen-bond acceptors (Lipinski definition) is 0. The Bertz CT molecular complexity index is 679. The van der Waals surface area contributed by atoms with Crippen LogP contribution in [0.2, 0.25) is 6.34 Å². The zero-order valence-electron chi connectivity index (χ0n) is 14.7. The molecule has 0 spiro atoms. The number of benzene rings is 2. The summed E-state index contributed by atoms with van der Waals surface area (Å²) in [5.41, 5.74) is 0. The van der Waals surface area contributed by atoms with E-state index >= 15 is 0 Å². The minimum Gasteiger partial charge on any atom is -0.123 e. The van der Waals surface area contributed by atoms with E-state index in [1.165, 1.54) is 21.0 Å². The molecule has 2 heteroatoms. The molecule has 0 amide bonds. The average Bonchev–Trinajstić information content (AvgIpc) is 2.73. The second-order valence-electron chi connectivity index (χ2n) is 8.09. The molecule has 3 rings (SSSR count). The molecule has 0 aliphatic heterocycles. The van der Waals surface area contributed by atoms with Crippen molar-refractivity contribution < 1.29 is 0 Å². The van der Waals surface area contributed by atoms with Crippen molar-refractivity contribution in [3.8, 4) is 0 Å². The van der Waals surface area contributed by atoms with Gasteiger partial charge in [-0.3, -0.25) is 0 Å². The predicted molar refractivity (Wildman–Crippen MR) is 106 cm³/mol. The molecule has 22 heavy (non-hydrogen) atoms. The second kappa shape index (κ2) is 7.02. The first-order valence-electron chi connectivity index (χ1n) is 7.98. The van der Waals surface area contributed by atoms with E-state index in [2.05, 4.69) is 90.1 Å². The molecule has 0 atom stereocenters. The van der Waals surface area contributed by atoms with Gasteiger partial charge in [0.05, 0.1) is 0 Å². The van der Waals surface area contributed by atoms with Crippen LogP contribution in [0.1, 0.15) is 41.5 Å². The fraction of sp³-hybridized carbons (Fsp3) is 0.400. The van der Waals surface area contributed by atoms with E-state index in [-0.39, 0.29) is 22.9 Å². The van der Waals surface area contributed by atoms with E-state index in [1.807, 2.05) is 0 Å². The van der Waals surface area contributed by atoms with Crippen LogP contribution in [0.25, 0.3) is 21.0 Å². The van der Waals surface area contributed by atoms with E-state index in [4.69, 9.17) is 0 Å². The monoisotopic (exact) mass is 413 g/mol. The van der Waals surface area contributed by atoms with E-state index in [9.17, 15) is 0 Å². The van der Waals surface area contributed by atoms with Crippen molar-refractivity contribution >= 4 is 52.1 Å². The smallest absolute Gasteiger partial charge is 0.000604 e. The Kier molecular flexibility index (Phi) is 5.73.